The minimum atomic E-state index is -4.33. The van der Waals surface area contributed by atoms with Crippen LogP contribution in [-0.2, 0) is 27.9 Å². The molecule has 0 saturated heterocycles. The molecule has 9 nitrogen and oxygen atoms in total. The second kappa shape index (κ2) is 9.36. The lowest BCUT2D eigenvalue weighted by Crippen LogP contribution is -2.42. The Morgan fingerprint density at radius 3 is 2.58 bits per heavy atom. The first-order chi connectivity index (χ1) is 15.3. The number of nitrogens with two attached hydrogens (primary N) is 1. The predicted octanol–water partition coefficient (Wildman–Crippen LogP) is 1.53. The molecule has 2 fully saturated rings. The Bertz CT molecular complexity index is 1150. The summed E-state index contributed by atoms with van der Waals surface area (Å²) in [6.45, 7) is 8.55. The van der Waals surface area contributed by atoms with E-state index in [-0.39, 0.29) is 23.7 Å². The van der Waals surface area contributed by atoms with Gasteiger partial charge in [-0.2, -0.15) is 4.57 Å². The van der Waals surface area contributed by atoms with Gasteiger partial charge in [0, 0.05) is 38.0 Å². The molecule has 4 rings (SSSR count). The average molecular weight is 497 g/mol. The summed E-state index contributed by atoms with van der Waals surface area (Å²) in [6.07, 6.45) is 4.35. The fourth-order valence-electron chi connectivity index (χ4n) is 5.18. The van der Waals surface area contributed by atoms with Gasteiger partial charge in [-0.1, -0.05) is 25.2 Å². The topological polar surface area (TPSA) is 150 Å². The summed E-state index contributed by atoms with van der Waals surface area (Å²) >= 11 is 1.65. The van der Waals surface area contributed by atoms with Gasteiger partial charge in [-0.05, 0) is 31.1 Å². The number of fused-ring (bicyclic) bond motifs is 2. The van der Waals surface area contributed by atoms with Gasteiger partial charge >= 0.3 is 0 Å². The van der Waals surface area contributed by atoms with Crippen molar-refractivity contribution in [3.63, 3.8) is 0 Å². The van der Waals surface area contributed by atoms with E-state index in [4.69, 9.17) is 10.8 Å². The standard InChI is InChI=1S/C12H17N4OS.C10H16O4S/c1-8-11(3-4-17)18-7-16(8)6-10-5-14-9(2)15-12(10)13;1-9(2)7-3-4-10(9,8(11)5-7)6-15(12,13)14/h5,7,17H,3-4,6H2,1-2H3,(H2,13,14,15);7H,3-6H2,1-2H3,(H,12,13,14)/q+1;/p-1/t;7-,10-/m.1/s1. The zero-order valence-corrected chi connectivity index (χ0v) is 21.1. The van der Waals surface area contributed by atoms with E-state index in [1.54, 1.807) is 17.5 Å². The molecule has 2 bridgehead atoms. The lowest BCUT2D eigenvalue weighted by Gasteiger charge is -2.37. The summed E-state index contributed by atoms with van der Waals surface area (Å²) in [4.78, 5) is 21.4. The molecule has 2 aliphatic rings. The van der Waals surface area contributed by atoms with E-state index < -0.39 is 21.3 Å². The molecule has 2 atom stereocenters. The Balaban J connectivity index is 0.000000189. The molecule has 0 aromatic carbocycles. The summed E-state index contributed by atoms with van der Waals surface area (Å²) in [6, 6.07) is 0. The molecule has 11 heteroatoms. The van der Waals surface area contributed by atoms with Crippen molar-refractivity contribution in [2.24, 2.45) is 16.7 Å². The number of rotatable bonds is 6. The Hall–Kier alpha value is -1.95. The van der Waals surface area contributed by atoms with Gasteiger partial charge in [0.1, 0.15) is 17.4 Å². The summed E-state index contributed by atoms with van der Waals surface area (Å²) in [5, 5.41) is 8.98. The van der Waals surface area contributed by atoms with Gasteiger partial charge in [0.2, 0.25) is 5.51 Å². The number of aromatic nitrogens is 3. The lowest BCUT2D eigenvalue weighted by atomic mass is 9.70. The number of thiazole rings is 1. The van der Waals surface area contributed by atoms with Crippen molar-refractivity contribution in [1.82, 2.24) is 9.97 Å². The van der Waals surface area contributed by atoms with Crippen LogP contribution in [0.25, 0.3) is 0 Å². The molecule has 0 amide bonds. The number of hydrogen-bond acceptors (Lipinski definition) is 9. The van der Waals surface area contributed by atoms with Crippen molar-refractivity contribution < 1.29 is 27.4 Å². The predicted molar refractivity (Wildman–Crippen MR) is 123 cm³/mol. The van der Waals surface area contributed by atoms with E-state index in [1.807, 2.05) is 33.2 Å². The van der Waals surface area contributed by atoms with Gasteiger partial charge in [0.15, 0.2) is 12.2 Å². The number of aryl methyl sites for hydroxylation is 1. The first-order valence-corrected chi connectivity index (χ1v) is 13.4. The fraction of sp³-hybridized carbons (Fsp3) is 0.636. The third-order valence-corrected chi connectivity index (χ3v) is 9.41. The Morgan fingerprint density at radius 2 is 2.06 bits per heavy atom. The number of carbonyl (C=O) groups is 1. The molecular weight excluding hydrogens is 464 g/mol. The Labute approximate surface area is 198 Å². The monoisotopic (exact) mass is 496 g/mol. The van der Waals surface area contributed by atoms with Crippen LogP contribution in [-0.4, -0.2) is 46.2 Å². The van der Waals surface area contributed by atoms with Crippen LogP contribution in [0.5, 0.6) is 0 Å². The van der Waals surface area contributed by atoms with Gasteiger partial charge in [0.25, 0.3) is 0 Å². The van der Waals surface area contributed by atoms with Gasteiger partial charge in [0.05, 0.1) is 26.3 Å². The van der Waals surface area contributed by atoms with E-state index in [0.29, 0.717) is 37.4 Å². The molecule has 182 valence electrons. The maximum absolute atomic E-state index is 11.8. The van der Waals surface area contributed by atoms with Crippen LogP contribution >= 0.6 is 11.3 Å². The summed E-state index contributed by atoms with van der Waals surface area (Å²) in [7, 11) is -4.33. The molecule has 3 N–H and O–H groups in total. The molecule has 33 heavy (non-hydrogen) atoms. The van der Waals surface area contributed by atoms with Crippen LogP contribution in [0, 0.1) is 30.6 Å². The number of hydrogen-bond donors (Lipinski definition) is 2. The zero-order valence-electron chi connectivity index (χ0n) is 19.5. The van der Waals surface area contributed by atoms with Crippen LogP contribution in [0.15, 0.2) is 11.7 Å². The molecule has 0 radical (unpaired) electrons. The van der Waals surface area contributed by atoms with E-state index in [0.717, 1.165) is 17.7 Å². The highest BCUT2D eigenvalue weighted by Crippen LogP contribution is 2.64. The van der Waals surface area contributed by atoms with E-state index in [2.05, 4.69) is 14.5 Å². The molecule has 0 spiro atoms. The highest BCUT2D eigenvalue weighted by atomic mass is 32.2. The van der Waals surface area contributed by atoms with Crippen molar-refractivity contribution in [2.45, 2.75) is 59.9 Å². The Kier molecular flexibility index (Phi) is 7.28. The molecule has 2 saturated carbocycles. The van der Waals surface area contributed by atoms with Crippen molar-refractivity contribution in [1.29, 1.82) is 0 Å². The smallest absolute Gasteiger partial charge is 0.225 e. The molecule has 0 unspecified atom stereocenters. The number of aliphatic hydroxyl groups excluding tert-OH is 1. The third-order valence-electron chi connectivity index (χ3n) is 7.42. The first kappa shape index (κ1) is 25.7. The van der Waals surface area contributed by atoms with Crippen LogP contribution < -0.4 is 10.3 Å². The van der Waals surface area contributed by atoms with Crippen molar-refractivity contribution in [3.8, 4) is 0 Å². The van der Waals surface area contributed by atoms with E-state index in [1.165, 1.54) is 4.88 Å². The number of anilines is 1. The Morgan fingerprint density at radius 1 is 1.36 bits per heavy atom. The normalized spacial score (nSPS) is 23.5. The quantitative estimate of drug-likeness (QED) is 0.451. The van der Waals surface area contributed by atoms with E-state index in [9.17, 15) is 17.8 Å². The minimum Gasteiger partial charge on any atom is -0.748 e. The lowest BCUT2D eigenvalue weighted by molar-refractivity contribution is -0.689. The molecule has 0 aliphatic heterocycles. The van der Waals surface area contributed by atoms with Crippen LogP contribution in [0.2, 0.25) is 0 Å². The number of carbonyl (C=O) groups excluding carboxylic acids is 1. The first-order valence-electron chi connectivity index (χ1n) is 10.9. The van der Waals surface area contributed by atoms with Crippen LogP contribution in [0.1, 0.15) is 55.1 Å². The van der Waals surface area contributed by atoms with Crippen molar-refractivity contribution >= 4 is 33.1 Å². The van der Waals surface area contributed by atoms with Crippen LogP contribution in [0.3, 0.4) is 0 Å². The third kappa shape index (κ3) is 5.11. The maximum atomic E-state index is 11.8. The SMILES string of the molecule is CC1(C)[C@@H]2CC[C@@]1(CS(=O)(=O)[O-])C(=O)C2.Cc1ncc(C[n+]2csc(CCO)c2C)c(N)n1. The average Bonchev–Trinajstić information content (AvgIpc) is 3.22. The summed E-state index contributed by atoms with van der Waals surface area (Å²) in [5.74, 6) is 0.936. The van der Waals surface area contributed by atoms with Crippen molar-refractivity contribution in [2.75, 3.05) is 18.1 Å². The molecule has 2 aromatic heterocycles. The zero-order chi connectivity index (χ0) is 24.6. The molecular formula is C22H32N4O5S2. The largest absolute Gasteiger partial charge is 0.748 e. The second-order valence-corrected chi connectivity index (χ2v) is 11.9. The highest BCUT2D eigenvalue weighted by molar-refractivity contribution is 7.85. The summed E-state index contributed by atoms with van der Waals surface area (Å²) < 4.78 is 34.8. The van der Waals surface area contributed by atoms with Gasteiger partial charge in [-0.15, -0.1) is 0 Å². The molecule has 2 aliphatic carbocycles. The maximum Gasteiger partial charge on any atom is 0.225 e. The number of aliphatic hydroxyl groups is 1. The van der Waals surface area contributed by atoms with Gasteiger partial charge < -0.3 is 15.4 Å². The van der Waals surface area contributed by atoms with Crippen molar-refractivity contribution in [3.05, 3.63) is 33.7 Å². The van der Waals surface area contributed by atoms with Gasteiger partial charge in [-0.3, -0.25) is 4.79 Å². The number of nitrogens with zero attached hydrogens (tertiary/aromatic N) is 3. The second-order valence-electron chi connectivity index (χ2n) is 9.53. The van der Waals surface area contributed by atoms with Gasteiger partial charge in [-0.25, -0.2) is 18.4 Å². The number of ketones is 1. The molecule has 2 heterocycles. The van der Waals surface area contributed by atoms with Crippen LogP contribution in [0.4, 0.5) is 5.82 Å². The summed E-state index contributed by atoms with van der Waals surface area (Å²) in [5.41, 5.74) is 8.78. The highest BCUT2D eigenvalue weighted by Gasteiger charge is 2.64. The fourth-order valence-corrected chi connectivity index (χ4v) is 7.44. The number of Topliss-reactive ketones (excluding diaryl/α,β-unsaturated/α-hetero) is 1. The number of nitrogen functional groups attached to an aromatic ring is 1. The van der Waals surface area contributed by atoms with E-state index >= 15 is 0 Å². The molecule has 2 aromatic rings. The minimum absolute atomic E-state index is 0.0248.